The first-order valence-corrected chi connectivity index (χ1v) is 8.99. The molecule has 1 fully saturated rings. The number of anilines is 3. The van der Waals surface area contributed by atoms with Crippen molar-refractivity contribution in [1.29, 1.82) is 0 Å². The Morgan fingerprint density at radius 1 is 1.04 bits per heavy atom. The van der Waals surface area contributed by atoms with Crippen molar-refractivity contribution in [2.75, 3.05) is 22.1 Å². The molecule has 5 nitrogen and oxygen atoms in total. The van der Waals surface area contributed by atoms with Crippen molar-refractivity contribution >= 4 is 28.9 Å². The Balaban J connectivity index is 1.45. The topological polar surface area (TPSA) is 61.4 Å². The number of fused-ring (bicyclic) bond motifs is 1. The number of amides is 2. The number of carbonyl (C=O) groups excluding carboxylic acids is 2. The normalized spacial score (nSPS) is 19.4. The molecule has 2 aromatic rings. The molecule has 2 heterocycles. The van der Waals surface area contributed by atoms with Crippen molar-refractivity contribution in [2.24, 2.45) is 0 Å². The van der Waals surface area contributed by atoms with Gasteiger partial charge in [-0.25, -0.2) is 0 Å². The lowest BCUT2D eigenvalue weighted by Crippen LogP contribution is -2.33. The van der Waals surface area contributed by atoms with Crippen LogP contribution in [0.1, 0.15) is 24.0 Å². The smallest absolute Gasteiger partial charge is 0.374 e. The van der Waals surface area contributed by atoms with Crippen LogP contribution in [-0.2, 0) is 22.2 Å². The molecule has 0 aliphatic carbocycles. The first-order valence-electron chi connectivity index (χ1n) is 8.99. The van der Waals surface area contributed by atoms with E-state index in [1.165, 1.54) is 17.0 Å². The summed E-state index contributed by atoms with van der Waals surface area (Å²) in [4.78, 5) is 25.6. The van der Waals surface area contributed by atoms with Gasteiger partial charge in [-0.1, -0.05) is 0 Å². The molecule has 2 aliphatic heterocycles. The van der Waals surface area contributed by atoms with Gasteiger partial charge in [0.15, 0.2) is 0 Å². The predicted molar refractivity (Wildman–Crippen MR) is 99.2 cm³/mol. The van der Waals surface area contributed by atoms with E-state index in [0.717, 1.165) is 29.1 Å². The van der Waals surface area contributed by atoms with Crippen LogP contribution in [0.4, 0.5) is 30.2 Å². The van der Waals surface area contributed by atoms with Gasteiger partial charge in [0.25, 0.3) is 0 Å². The summed E-state index contributed by atoms with van der Waals surface area (Å²) >= 11 is 0. The predicted octanol–water partition coefficient (Wildman–Crippen LogP) is 3.81. The van der Waals surface area contributed by atoms with Crippen LogP contribution in [0, 0.1) is 0 Å². The average molecular weight is 389 g/mol. The van der Waals surface area contributed by atoms with Crippen molar-refractivity contribution in [1.82, 2.24) is 0 Å². The first-order chi connectivity index (χ1) is 13.3. The highest BCUT2D eigenvalue weighted by atomic mass is 19.4. The lowest BCUT2D eigenvalue weighted by atomic mass is 10.0. The van der Waals surface area contributed by atoms with Crippen LogP contribution in [0.25, 0.3) is 0 Å². The van der Waals surface area contributed by atoms with Crippen molar-refractivity contribution in [2.45, 2.75) is 31.5 Å². The summed E-state index contributed by atoms with van der Waals surface area (Å²) < 4.78 is 38.1. The second-order valence-corrected chi connectivity index (χ2v) is 6.94. The van der Waals surface area contributed by atoms with Crippen LogP contribution in [0.15, 0.2) is 42.5 Å². The number of hydrogen-bond acceptors (Lipinski definition) is 3. The largest absolute Gasteiger partial charge is 0.416 e. The zero-order valence-electron chi connectivity index (χ0n) is 14.8. The average Bonchev–Trinajstić information content (AvgIpc) is 3.02. The molecule has 1 unspecified atom stereocenters. The molecule has 0 aromatic heterocycles. The maximum atomic E-state index is 12.7. The molecule has 2 amide bonds. The summed E-state index contributed by atoms with van der Waals surface area (Å²) in [5.74, 6) is -0.183. The Kier molecular flexibility index (Phi) is 4.49. The van der Waals surface area contributed by atoms with E-state index in [4.69, 9.17) is 0 Å². The Bertz CT molecular complexity index is 925. The molecule has 2 aliphatic rings. The summed E-state index contributed by atoms with van der Waals surface area (Å²) in [6.45, 7) is 0.433. The van der Waals surface area contributed by atoms with E-state index >= 15 is 0 Å². The zero-order valence-corrected chi connectivity index (χ0v) is 14.8. The fraction of sp³-hybridized carbons (Fsp3) is 0.300. The molecule has 0 radical (unpaired) electrons. The minimum atomic E-state index is -4.40. The number of benzene rings is 2. The van der Waals surface area contributed by atoms with Gasteiger partial charge in [0.2, 0.25) is 11.8 Å². The van der Waals surface area contributed by atoms with Gasteiger partial charge in [-0.2, -0.15) is 13.2 Å². The fourth-order valence-electron chi connectivity index (χ4n) is 3.57. The second-order valence-electron chi connectivity index (χ2n) is 6.94. The summed E-state index contributed by atoms with van der Waals surface area (Å²) in [5.41, 5.74) is 2.29. The van der Waals surface area contributed by atoms with Gasteiger partial charge in [0, 0.05) is 30.0 Å². The Morgan fingerprint density at radius 2 is 1.79 bits per heavy atom. The molecular formula is C20H18F3N3O2. The quantitative estimate of drug-likeness (QED) is 0.839. The number of nitrogens with zero attached hydrogens (tertiary/aromatic N) is 1. The van der Waals surface area contributed by atoms with Crippen molar-refractivity contribution in [3.8, 4) is 0 Å². The van der Waals surface area contributed by atoms with Crippen molar-refractivity contribution < 1.29 is 22.8 Å². The third kappa shape index (κ3) is 3.54. The summed E-state index contributed by atoms with van der Waals surface area (Å²) in [6, 6.07) is 9.71. The summed E-state index contributed by atoms with van der Waals surface area (Å²) in [6.07, 6.45) is -2.77. The third-order valence-corrected chi connectivity index (χ3v) is 5.05. The van der Waals surface area contributed by atoms with Crippen LogP contribution in [-0.4, -0.2) is 24.4 Å². The second kappa shape index (κ2) is 6.85. The number of hydrogen-bond donors (Lipinski definition) is 2. The number of halogens is 3. The van der Waals surface area contributed by atoms with E-state index in [1.807, 2.05) is 12.1 Å². The highest BCUT2D eigenvalue weighted by Crippen LogP contribution is 2.32. The van der Waals surface area contributed by atoms with Gasteiger partial charge in [-0.3, -0.25) is 9.59 Å². The number of alkyl halides is 3. The van der Waals surface area contributed by atoms with Gasteiger partial charge in [0.1, 0.15) is 6.04 Å². The molecule has 1 saturated heterocycles. The summed E-state index contributed by atoms with van der Waals surface area (Å²) in [5, 5.41) is 6.01. The van der Waals surface area contributed by atoms with Crippen molar-refractivity contribution in [3.05, 3.63) is 53.6 Å². The standard InChI is InChI=1S/C20H18F3N3O2/c21-20(22,23)13-2-5-15(6-3-13)26-10-9-17(19(26)28)24-14-4-7-16-12(11-14)1-8-18(27)25-16/h2-7,11,17,24H,1,8-10H2,(H,25,27). The number of nitrogens with one attached hydrogen (secondary N) is 2. The highest BCUT2D eigenvalue weighted by Gasteiger charge is 2.34. The molecule has 1 atom stereocenters. The molecule has 0 spiro atoms. The molecule has 4 rings (SSSR count). The zero-order chi connectivity index (χ0) is 19.9. The number of carbonyl (C=O) groups is 2. The molecule has 2 aromatic carbocycles. The molecule has 28 heavy (non-hydrogen) atoms. The highest BCUT2D eigenvalue weighted by molar-refractivity contribution is 6.01. The van der Waals surface area contributed by atoms with E-state index < -0.39 is 17.8 Å². The lowest BCUT2D eigenvalue weighted by molar-refractivity contribution is -0.137. The number of rotatable bonds is 3. The van der Waals surface area contributed by atoms with E-state index in [0.29, 0.717) is 31.5 Å². The molecule has 0 bridgehead atoms. The van der Waals surface area contributed by atoms with E-state index in [-0.39, 0.29) is 11.8 Å². The van der Waals surface area contributed by atoms with E-state index in [9.17, 15) is 22.8 Å². The maximum absolute atomic E-state index is 12.7. The minimum Gasteiger partial charge on any atom is -0.374 e. The van der Waals surface area contributed by atoms with Crippen LogP contribution < -0.4 is 15.5 Å². The Morgan fingerprint density at radius 3 is 2.50 bits per heavy atom. The van der Waals surface area contributed by atoms with Gasteiger partial charge in [0.05, 0.1) is 5.56 Å². The van der Waals surface area contributed by atoms with Crippen LogP contribution in [0.2, 0.25) is 0 Å². The van der Waals surface area contributed by atoms with Crippen LogP contribution >= 0.6 is 0 Å². The van der Waals surface area contributed by atoms with Gasteiger partial charge in [-0.15, -0.1) is 0 Å². The minimum absolute atomic E-state index is 0.00800. The van der Waals surface area contributed by atoms with Crippen molar-refractivity contribution in [3.63, 3.8) is 0 Å². The third-order valence-electron chi connectivity index (χ3n) is 5.05. The van der Waals surface area contributed by atoms with Gasteiger partial charge >= 0.3 is 6.18 Å². The van der Waals surface area contributed by atoms with Crippen LogP contribution in [0.5, 0.6) is 0 Å². The number of aryl methyl sites for hydroxylation is 1. The SMILES string of the molecule is O=C1CCc2cc(NC3CCN(c4ccc(C(F)(F)F)cc4)C3=O)ccc2N1. The molecular weight excluding hydrogens is 371 g/mol. The summed E-state index contributed by atoms with van der Waals surface area (Å²) in [7, 11) is 0. The van der Waals surface area contributed by atoms with Crippen LogP contribution in [0.3, 0.4) is 0 Å². The molecule has 8 heteroatoms. The molecule has 0 saturated carbocycles. The van der Waals surface area contributed by atoms with Gasteiger partial charge < -0.3 is 15.5 Å². The molecule has 2 N–H and O–H groups in total. The van der Waals surface area contributed by atoms with E-state index in [1.54, 1.807) is 6.07 Å². The lowest BCUT2D eigenvalue weighted by Gasteiger charge is -2.20. The first kappa shape index (κ1) is 18.3. The molecule has 146 valence electrons. The maximum Gasteiger partial charge on any atom is 0.416 e. The fourth-order valence-corrected chi connectivity index (χ4v) is 3.57. The van der Waals surface area contributed by atoms with E-state index in [2.05, 4.69) is 10.6 Å². The monoisotopic (exact) mass is 389 g/mol. The Labute approximate surface area is 159 Å². The Hall–Kier alpha value is -3.03. The van der Waals surface area contributed by atoms with Gasteiger partial charge in [-0.05, 0) is 60.9 Å².